The summed E-state index contributed by atoms with van der Waals surface area (Å²) in [6.45, 7) is 0.815. The monoisotopic (exact) mass is 287 g/mol. The van der Waals surface area contributed by atoms with Gasteiger partial charge >= 0.3 is 12.0 Å². The number of urea groups is 1. The van der Waals surface area contributed by atoms with E-state index < -0.39 is 12.0 Å². The fourth-order valence-corrected chi connectivity index (χ4v) is 2.55. The Morgan fingerprint density at radius 3 is 2.95 bits per heavy atom. The van der Waals surface area contributed by atoms with Gasteiger partial charge in [-0.05, 0) is 30.5 Å². The van der Waals surface area contributed by atoms with Gasteiger partial charge < -0.3 is 14.9 Å². The second-order valence-corrected chi connectivity index (χ2v) is 5.14. The first-order valence-corrected chi connectivity index (χ1v) is 6.76. The quantitative estimate of drug-likeness (QED) is 0.916. The van der Waals surface area contributed by atoms with E-state index in [1.807, 2.05) is 6.07 Å². The molecule has 1 aromatic carbocycles. The predicted octanol–water partition coefficient (Wildman–Crippen LogP) is 1.66. The zero-order chi connectivity index (χ0) is 15.4. The molecule has 1 atom stereocenters. The van der Waals surface area contributed by atoms with Crippen LogP contribution in [0.1, 0.15) is 24.0 Å². The van der Waals surface area contributed by atoms with E-state index in [0.717, 1.165) is 5.56 Å². The van der Waals surface area contributed by atoms with Crippen LogP contribution in [0, 0.1) is 11.3 Å². The summed E-state index contributed by atoms with van der Waals surface area (Å²) in [5, 5.41) is 18.0. The number of benzene rings is 1. The minimum atomic E-state index is -0.958. The summed E-state index contributed by atoms with van der Waals surface area (Å²) in [6, 6.07) is 8.06. The standard InChI is InChI=1S/C15H17N3O3/c1-17(10-12-5-2-4-11(8-12)9-16)15(21)18-7-3-6-13(18)14(19)20/h2,4-5,8,13H,3,6-7,10H2,1H3,(H,19,20)/t13-/m1/s1. The van der Waals surface area contributed by atoms with Crippen LogP contribution in [-0.2, 0) is 11.3 Å². The first kappa shape index (κ1) is 14.9. The molecule has 21 heavy (non-hydrogen) atoms. The lowest BCUT2D eigenvalue weighted by molar-refractivity contribution is -0.141. The van der Waals surface area contributed by atoms with Crippen molar-refractivity contribution in [1.29, 1.82) is 5.26 Å². The average molecular weight is 287 g/mol. The highest BCUT2D eigenvalue weighted by molar-refractivity contribution is 5.83. The summed E-state index contributed by atoms with van der Waals surface area (Å²) in [7, 11) is 1.64. The van der Waals surface area contributed by atoms with Gasteiger partial charge in [0.15, 0.2) is 0 Å². The number of carboxylic acids is 1. The Hall–Kier alpha value is -2.55. The van der Waals surface area contributed by atoms with Crippen molar-refractivity contribution in [3.8, 4) is 6.07 Å². The Morgan fingerprint density at radius 1 is 1.52 bits per heavy atom. The zero-order valence-electron chi connectivity index (χ0n) is 11.8. The van der Waals surface area contributed by atoms with Crippen molar-refractivity contribution in [3.63, 3.8) is 0 Å². The average Bonchev–Trinajstić information content (AvgIpc) is 2.96. The molecular weight excluding hydrogens is 270 g/mol. The first-order valence-electron chi connectivity index (χ1n) is 6.76. The maximum atomic E-state index is 12.3. The van der Waals surface area contributed by atoms with Crippen molar-refractivity contribution in [2.24, 2.45) is 0 Å². The van der Waals surface area contributed by atoms with Gasteiger partial charge in [-0.2, -0.15) is 5.26 Å². The molecule has 0 saturated carbocycles. The lowest BCUT2D eigenvalue weighted by Crippen LogP contribution is -2.46. The molecule has 1 fully saturated rings. The fourth-order valence-electron chi connectivity index (χ4n) is 2.55. The molecule has 0 aromatic heterocycles. The minimum Gasteiger partial charge on any atom is -0.480 e. The third-order valence-corrected chi connectivity index (χ3v) is 3.59. The molecule has 0 spiro atoms. The highest BCUT2D eigenvalue weighted by Gasteiger charge is 2.35. The van der Waals surface area contributed by atoms with Gasteiger partial charge in [-0.15, -0.1) is 0 Å². The molecule has 1 aliphatic rings. The highest BCUT2D eigenvalue weighted by Crippen LogP contribution is 2.19. The van der Waals surface area contributed by atoms with E-state index in [9.17, 15) is 9.59 Å². The molecule has 2 rings (SSSR count). The van der Waals surface area contributed by atoms with Crippen LogP contribution in [0.15, 0.2) is 24.3 Å². The smallest absolute Gasteiger partial charge is 0.326 e. The van der Waals surface area contributed by atoms with Crippen LogP contribution in [0.5, 0.6) is 0 Å². The predicted molar refractivity (Wildman–Crippen MR) is 75.4 cm³/mol. The normalized spacial score (nSPS) is 17.3. The number of hydrogen-bond acceptors (Lipinski definition) is 3. The second-order valence-electron chi connectivity index (χ2n) is 5.14. The van der Waals surface area contributed by atoms with E-state index in [1.54, 1.807) is 25.2 Å². The van der Waals surface area contributed by atoms with Gasteiger partial charge in [0.25, 0.3) is 0 Å². The third kappa shape index (κ3) is 3.31. The molecule has 0 aliphatic carbocycles. The van der Waals surface area contributed by atoms with E-state index in [-0.39, 0.29) is 6.03 Å². The van der Waals surface area contributed by atoms with Crippen molar-refractivity contribution >= 4 is 12.0 Å². The number of amides is 2. The summed E-state index contributed by atoms with van der Waals surface area (Å²) in [5.74, 6) is -0.958. The first-order chi connectivity index (χ1) is 10.0. The Kier molecular flexibility index (Phi) is 4.43. The number of likely N-dealkylation sites (tertiary alicyclic amines) is 1. The summed E-state index contributed by atoms with van der Waals surface area (Å²) >= 11 is 0. The number of aliphatic carboxylic acids is 1. The highest BCUT2D eigenvalue weighted by atomic mass is 16.4. The Balaban J connectivity index is 2.05. The molecule has 6 heteroatoms. The number of carbonyl (C=O) groups is 2. The van der Waals surface area contributed by atoms with Gasteiger partial charge in [0.05, 0.1) is 11.6 Å². The van der Waals surface area contributed by atoms with Crippen molar-refractivity contribution < 1.29 is 14.7 Å². The lowest BCUT2D eigenvalue weighted by atomic mass is 10.1. The Labute approximate surface area is 123 Å². The molecule has 0 radical (unpaired) electrons. The third-order valence-electron chi connectivity index (χ3n) is 3.59. The second kappa shape index (κ2) is 6.27. The molecule has 1 N–H and O–H groups in total. The van der Waals surface area contributed by atoms with E-state index in [0.29, 0.717) is 31.5 Å². The SMILES string of the molecule is CN(Cc1cccc(C#N)c1)C(=O)N1CCC[C@@H]1C(=O)O. The number of carboxylic acid groups (broad SMARTS) is 1. The van der Waals surface area contributed by atoms with Crippen molar-refractivity contribution in [1.82, 2.24) is 9.80 Å². The minimum absolute atomic E-state index is 0.290. The molecular formula is C15H17N3O3. The van der Waals surface area contributed by atoms with Gasteiger partial charge in [0.1, 0.15) is 6.04 Å². The van der Waals surface area contributed by atoms with E-state index in [2.05, 4.69) is 6.07 Å². The summed E-state index contributed by atoms with van der Waals surface area (Å²) < 4.78 is 0. The van der Waals surface area contributed by atoms with E-state index >= 15 is 0 Å². The van der Waals surface area contributed by atoms with Crippen LogP contribution in [0.25, 0.3) is 0 Å². The lowest BCUT2D eigenvalue weighted by Gasteiger charge is -2.27. The molecule has 2 amide bonds. The molecule has 1 saturated heterocycles. The number of carbonyl (C=O) groups excluding carboxylic acids is 1. The maximum Gasteiger partial charge on any atom is 0.326 e. The van der Waals surface area contributed by atoms with Crippen molar-refractivity contribution in [2.75, 3.05) is 13.6 Å². The van der Waals surface area contributed by atoms with Crippen LogP contribution < -0.4 is 0 Å². The van der Waals surface area contributed by atoms with Crippen molar-refractivity contribution in [3.05, 3.63) is 35.4 Å². The van der Waals surface area contributed by atoms with Crippen LogP contribution in [0.2, 0.25) is 0 Å². The van der Waals surface area contributed by atoms with Crippen LogP contribution >= 0.6 is 0 Å². The van der Waals surface area contributed by atoms with Crippen LogP contribution in [0.3, 0.4) is 0 Å². The largest absolute Gasteiger partial charge is 0.480 e. The topological polar surface area (TPSA) is 84.6 Å². The number of nitrogens with zero attached hydrogens (tertiary/aromatic N) is 3. The number of nitriles is 1. The van der Waals surface area contributed by atoms with Gasteiger partial charge in [-0.3, -0.25) is 0 Å². The van der Waals surface area contributed by atoms with Gasteiger partial charge in [-0.1, -0.05) is 12.1 Å². The molecule has 1 heterocycles. The molecule has 0 unspecified atom stereocenters. The maximum absolute atomic E-state index is 12.3. The molecule has 110 valence electrons. The molecule has 0 bridgehead atoms. The van der Waals surface area contributed by atoms with Gasteiger partial charge in [-0.25, -0.2) is 9.59 Å². The Morgan fingerprint density at radius 2 is 2.29 bits per heavy atom. The number of hydrogen-bond donors (Lipinski definition) is 1. The molecule has 6 nitrogen and oxygen atoms in total. The summed E-state index contributed by atoms with van der Waals surface area (Å²) in [6.07, 6.45) is 1.21. The van der Waals surface area contributed by atoms with Crippen LogP contribution in [-0.4, -0.2) is 46.5 Å². The zero-order valence-corrected chi connectivity index (χ0v) is 11.8. The summed E-state index contributed by atoms with van der Waals surface area (Å²) in [5.41, 5.74) is 1.38. The van der Waals surface area contributed by atoms with Gasteiger partial charge in [0, 0.05) is 20.1 Å². The molecule has 1 aliphatic heterocycles. The molecule has 1 aromatic rings. The number of rotatable bonds is 3. The van der Waals surface area contributed by atoms with E-state index in [1.165, 1.54) is 9.80 Å². The Bertz CT molecular complexity index is 594. The fraction of sp³-hybridized carbons (Fsp3) is 0.400. The van der Waals surface area contributed by atoms with Gasteiger partial charge in [0.2, 0.25) is 0 Å². The summed E-state index contributed by atoms with van der Waals surface area (Å²) in [4.78, 5) is 26.4. The van der Waals surface area contributed by atoms with Crippen molar-refractivity contribution in [2.45, 2.75) is 25.4 Å². The van der Waals surface area contributed by atoms with Crippen LogP contribution in [0.4, 0.5) is 4.79 Å². The van der Waals surface area contributed by atoms with E-state index in [4.69, 9.17) is 10.4 Å².